The number of oxime groups is 2. The maximum absolute atomic E-state index is 14.1. The van der Waals surface area contributed by atoms with Crippen LogP contribution in [0.15, 0.2) is 46.7 Å². The van der Waals surface area contributed by atoms with Crippen molar-refractivity contribution in [2.75, 3.05) is 14.2 Å². The largest absolute Gasteiger partial charge is 0.573 e. The fraction of sp³-hybridized carbons (Fsp3) is 0.318. The second kappa shape index (κ2) is 13.0. The predicted molar refractivity (Wildman–Crippen MR) is 116 cm³/mol. The quantitative estimate of drug-likeness (QED) is 0.262. The highest BCUT2D eigenvalue weighted by Gasteiger charge is 2.31. The molecular weight excluding hydrogens is 446 g/mol. The summed E-state index contributed by atoms with van der Waals surface area (Å²) in [5.74, 6) is -1.55. The number of halogens is 4. The summed E-state index contributed by atoms with van der Waals surface area (Å²) >= 11 is 0. The first kappa shape index (κ1) is 27.4. The van der Waals surface area contributed by atoms with Gasteiger partial charge in [0.15, 0.2) is 0 Å². The van der Waals surface area contributed by atoms with Crippen LogP contribution in [0.5, 0.6) is 5.75 Å². The van der Waals surface area contributed by atoms with Crippen LogP contribution in [0.25, 0.3) is 0 Å². The number of hydrogen-bond donors (Lipinski definition) is 1. The van der Waals surface area contributed by atoms with Crippen LogP contribution in [-0.4, -0.2) is 38.4 Å². The molecule has 0 atom stereocenters. The van der Waals surface area contributed by atoms with Crippen molar-refractivity contribution in [3.05, 3.63) is 64.5 Å². The van der Waals surface area contributed by atoms with Crippen LogP contribution in [0, 0.1) is 12.7 Å². The van der Waals surface area contributed by atoms with Crippen molar-refractivity contribution >= 4 is 17.8 Å². The Bertz CT molecular complexity index is 992. The second-order valence-electron chi connectivity index (χ2n) is 6.51. The van der Waals surface area contributed by atoms with Crippen LogP contribution in [0.4, 0.5) is 17.6 Å². The number of carbonyl (C=O) groups excluding carboxylic acids is 1. The van der Waals surface area contributed by atoms with E-state index in [1.165, 1.54) is 14.0 Å². The fourth-order valence-corrected chi connectivity index (χ4v) is 2.65. The van der Waals surface area contributed by atoms with Gasteiger partial charge < -0.3 is 19.7 Å². The summed E-state index contributed by atoms with van der Waals surface area (Å²) in [6.45, 7) is 5.26. The lowest BCUT2D eigenvalue weighted by atomic mass is 10.00. The van der Waals surface area contributed by atoms with Gasteiger partial charge in [0.05, 0.1) is 11.4 Å². The number of nitrogens with one attached hydrogen (secondary N) is 1. The number of aryl methyl sites for hydroxylation is 1. The Hall–Kier alpha value is -3.63. The van der Waals surface area contributed by atoms with Gasteiger partial charge >= 0.3 is 6.36 Å². The van der Waals surface area contributed by atoms with E-state index >= 15 is 0 Å². The Labute approximate surface area is 189 Å². The fourth-order valence-electron chi connectivity index (χ4n) is 2.65. The summed E-state index contributed by atoms with van der Waals surface area (Å²) in [5, 5.41) is 10.1. The number of ether oxygens (including phenoxy) is 1. The molecule has 2 rings (SSSR count). The van der Waals surface area contributed by atoms with Gasteiger partial charge in [0.2, 0.25) is 6.41 Å². The molecule has 1 amide bonds. The highest BCUT2D eigenvalue weighted by atomic mass is 19.4. The minimum atomic E-state index is -4.89. The zero-order valence-corrected chi connectivity index (χ0v) is 18.8. The summed E-state index contributed by atoms with van der Waals surface area (Å²) in [6.07, 6.45) is -4.27. The van der Waals surface area contributed by atoms with Crippen molar-refractivity contribution in [3.63, 3.8) is 0 Å². The van der Waals surface area contributed by atoms with E-state index in [1.807, 2.05) is 25.1 Å². The van der Waals surface area contributed by atoms with Gasteiger partial charge in [0.25, 0.3) is 0 Å². The van der Waals surface area contributed by atoms with E-state index in [4.69, 9.17) is 14.5 Å². The molecule has 33 heavy (non-hydrogen) atoms. The molecular formula is C22H25F4N3O4. The molecule has 0 heterocycles. The van der Waals surface area contributed by atoms with Crippen molar-refractivity contribution in [3.8, 4) is 5.75 Å². The monoisotopic (exact) mass is 471 g/mol. The number of hydrogen-bond acceptors (Lipinski definition) is 6. The van der Waals surface area contributed by atoms with E-state index in [2.05, 4.69) is 20.4 Å². The molecule has 0 spiro atoms. The number of nitrogens with zero attached hydrogens (tertiary/aromatic N) is 2. The van der Waals surface area contributed by atoms with Crippen molar-refractivity contribution in [1.82, 2.24) is 5.32 Å². The number of amides is 1. The summed E-state index contributed by atoms with van der Waals surface area (Å²) in [7, 11) is 3.01. The first-order valence-electron chi connectivity index (χ1n) is 9.53. The van der Waals surface area contributed by atoms with E-state index in [0.717, 1.165) is 28.8 Å². The Morgan fingerprint density at radius 3 is 2.27 bits per heavy atom. The molecule has 0 unspecified atom stereocenters. The van der Waals surface area contributed by atoms with Gasteiger partial charge in [-0.3, -0.25) is 4.79 Å². The van der Waals surface area contributed by atoms with Gasteiger partial charge in [0, 0.05) is 29.8 Å². The summed E-state index contributed by atoms with van der Waals surface area (Å²) in [6, 6.07) is 8.43. The molecule has 0 aliphatic carbocycles. The normalized spacial score (nSPS) is 11.8. The number of rotatable bonds is 8. The molecule has 0 aliphatic rings. The van der Waals surface area contributed by atoms with Gasteiger partial charge in [-0.15, -0.1) is 13.2 Å². The molecule has 0 aliphatic heterocycles. The van der Waals surface area contributed by atoms with Crippen molar-refractivity contribution < 1.29 is 36.8 Å². The summed E-state index contributed by atoms with van der Waals surface area (Å²) < 4.78 is 54.5. The molecule has 0 bridgehead atoms. The predicted octanol–water partition coefficient (Wildman–Crippen LogP) is 4.71. The maximum Gasteiger partial charge on any atom is 0.573 e. The number of carbonyl (C=O) groups is 1. The minimum absolute atomic E-state index is 0.00153. The third-order valence-corrected chi connectivity index (χ3v) is 4.12. The van der Waals surface area contributed by atoms with Crippen molar-refractivity contribution in [2.24, 2.45) is 10.3 Å². The molecule has 0 radical (unpaired) electrons. The summed E-state index contributed by atoms with van der Waals surface area (Å²) in [5.41, 5.74) is 3.42. The third kappa shape index (κ3) is 9.17. The molecule has 2 aromatic carbocycles. The van der Waals surface area contributed by atoms with Crippen LogP contribution >= 0.6 is 0 Å². The first-order chi connectivity index (χ1) is 15.5. The van der Waals surface area contributed by atoms with E-state index in [0.29, 0.717) is 18.2 Å². The molecule has 180 valence electrons. The summed E-state index contributed by atoms with van der Waals surface area (Å²) in [4.78, 5) is 19.2. The van der Waals surface area contributed by atoms with Crippen LogP contribution < -0.4 is 10.1 Å². The van der Waals surface area contributed by atoms with E-state index < -0.39 is 17.9 Å². The van der Waals surface area contributed by atoms with Gasteiger partial charge in [-0.2, -0.15) is 0 Å². The average molecular weight is 471 g/mol. The smallest absolute Gasteiger partial charge is 0.406 e. The SMILES string of the molecule is CNC=O.CO/N=C(/C)c1cccc(C)c1CO/N=C(\C)c1ccc(OC(F)(F)F)cc1F. The van der Waals surface area contributed by atoms with Crippen LogP contribution in [0.2, 0.25) is 0 Å². The van der Waals surface area contributed by atoms with Crippen LogP contribution in [0.1, 0.15) is 36.1 Å². The van der Waals surface area contributed by atoms with Gasteiger partial charge in [0.1, 0.15) is 25.3 Å². The minimum Gasteiger partial charge on any atom is -0.406 e. The molecule has 2 aromatic rings. The lowest BCUT2D eigenvalue weighted by molar-refractivity contribution is -0.274. The molecule has 11 heteroatoms. The lowest BCUT2D eigenvalue weighted by Crippen LogP contribution is -2.17. The van der Waals surface area contributed by atoms with E-state index in [1.54, 1.807) is 14.0 Å². The van der Waals surface area contributed by atoms with E-state index in [-0.39, 0.29) is 17.9 Å². The molecule has 0 saturated carbocycles. The van der Waals surface area contributed by atoms with Crippen molar-refractivity contribution in [2.45, 2.75) is 33.7 Å². The van der Waals surface area contributed by atoms with Crippen LogP contribution in [-0.2, 0) is 21.1 Å². The Kier molecular flexibility index (Phi) is 10.8. The standard InChI is InChI=1S/C20H20F4N2O3.C2H5NO/c1-12-6-5-7-16(13(2)25-27-4)18(12)11-28-26-14(3)17-9-8-15(10-19(17)21)29-20(22,23)24;1-3-2-4/h5-10H,11H2,1-4H3;2H,1H3,(H,3,4)/b25-13-,26-14+;. The van der Waals surface area contributed by atoms with Gasteiger partial charge in [-0.25, -0.2) is 4.39 Å². The van der Waals surface area contributed by atoms with Crippen LogP contribution in [0.3, 0.4) is 0 Å². The Morgan fingerprint density at radius 2 is 1.73 bits per heavy atom. The topological polar surface area (TPSA) is 81.5 Å². The number of benzene rings is 2. The Balaban J connectivity index is 0.00000125. The molecule has 0 fully saturated rings. The second-order valence-corrected chi connectivity index (χ2v) is 6.51. The molecule has 0 saturated heterocycles. The molecule has 0 aromatic heterocycles. The van der Waals surface area contributed by atoms with E-state index in [9.17, 15) is 17.6 Å². The first-order valence-corrected chi connectivity index (χ1v) is 9.53. The average Bonchev–Trinajstić information content (AvgIpc) is 2.74. The van der Waals surface area contributed by atoms with Gasteiger partial charge in [-0.1, -0.05) is 28.5 Å². The molecule has 7 nitrogen and oxygen atoms in total. The maximum atomic E-state index is 14.1. The van der Waals surface area contributed by atoms with Crippen molar-refractivity contribution in [1.29, 1.82) is 0 Å². The lowest BCUT2D eigenvalue weighted by Gasteiger charge is -2.12. The third-order valence-electron chi connectivity index (χ3n) is 4.12. The van der Waals surface area contributed by atoms with Gasteiger partial charge in [-0.05, 0) is 38.5 Å². The number of alkyl halides is 3. The highest BCUT2D eigenvalue weighted by molar-refractivity contribution is 6.00. The zero-order valence-electron chi connectivity index (χ0n) is 18.8. The molecule has 1 N–H and O–H groups in total. The highest BCUT2D eigenvalue weighted by Crippen LogP contribution is 2.25. The zero-order chi connectivity index (χ0) is 25.0. The Morgan fingerprint density at radius 1 is 1.09 bits per heavy atom.